The van der Waals surface area contributed by atoms with Gasteiger partial charge in [-0.3, -0.25) is 0 Å². The monoisotopic (exact) mass is 422 g/mol. The van der Waals surface area contributed by atoms with Crippen LogP contribution in [0.3, 0.4) is 0 Å². The van der Waals surface area contributed by atoms with Crippen molar-refractivity contribution in [2.45, 2.75) is 18.9 Å². The molecular weight excluding hydrogens is 411 g/mol. The Hall–Kier alpha value is 0.0900. The molecule has 1 aromatic heterocycles. The summed E-state index contributed by atoms with van der Waals surface area (Å²) in [5, 5.41) is 12.3. The van der Waals surface area contributed by atoms with Gasteiger partial charge in [0.1, 0.15) is 0 Å². The average Bonchev–Trinajstić information content (AvgIpc) is 2.82. The Morgan fingerprint density at radius 1 is 1.35 bits per heavy atom. The zero-order chi connectivity index (χ0) is 12.3. The van der Waals surface area contributed by atoms with Crippen LogP contribution in [0.5, 0.6) is 0 Å². The summed E-state index contributed by atoms with van der Waals surface area (Å²) in [6.07, 6.45) is 1.32. The minimum Gasteiger partial charge on any atom is -0.388 e. The van der Waals surface area contributed by atoms with E-state index in [4.69, 9.17) is 0 Å². The van der Waals surface area contributed by atoms with Crippen LogP contribution in [0.4, 0.5) is 0 Å². The molecule has 0 aliphatic carbocycles. The first kappa shape index (κ1) is 13.5. The van der Waals surface area contributed by atoms with Gasteiger partial charge in [-0.05, 0) is 70.6 Å². The predicted octanol–water partition coefficient (Wildman–Crippen LogP) is 4.78. The number of benzene rings is 1. The molecule has 1 nitrogen and oxygen atoms in total. The maximum atomic E-state index is 10.2. The third-order valence-corrected chi connectivity index (χ3v) is 4.97. The Bertz CT molecular complexity index is 484. The number of hydrogen-bond donors (Lipinski definition) is 1. The minimum absolute atomic E-state index is 0.388. The largest absolute Gasteiger partial charge is 0.388 e. The third kappa shape index (κ3) is 3.77. The van der Waals surface area contributed by atoms with Crippen molar-refractivity contribution in [1.29, 1.82) is 0 Å². The van der Waals surface area contributed by atoms with Crippen molar-refractivity contribution in [3.63, 3.8) is 0 Å². The van der Waals surface area contributed by atoms with Crippen molar-refractivity contribution in [2.24, 2.45) is 0 Å². The van der Waals surface area contributed by atoms with E-state index in [1.54, 1.807) is 11.3 Å². The van der Waals surface area contributed by atoms with Crippen LogP contribution in [-0.4, -0.2) is 5.11 Å². The molecule has 0 radical (unpaired) electrons. The first-order valence-electron chi connectivity index (χ1n) is 5.32. The van der Waals surface area contributed by atoms with Crippen LogP contribution >= 0.6 is 49.9 Å². The highest BCUT2D eigenvalue weighted by Crippen LogP contribution is 2.27. The van der Waals surface area contributed by atoms with Crippen LogP contribution in [0.2, 0.25) is 0 Å². The van der Waals surface area contributed by atoms with Gasteiger partial charge in [0, 0.05) is 12.9 Å². The summed E-state index contributed by atoms with van der Waals surface area (Å²) in [5.74, 6) is 0. The molecule has 1 N–H and O–H groups in total. The third-order valence-electron chi connectivity index (χ3n) is 2.56. The van der Waals surface area contributed by atoms with E-state index in [1.807, 2.05) is 18.2 Å². The van der Waals surface area contributed by atoms with Gasteiger partial charge in [0.25, 0.3) is 0 Å². The summed E-state index contributed by atoms with van der Waals surface area (Å²) in [6, 6.07) is 10.2. The van der Waals surface area contributed by atoms with Crippen molar-refractivity contribution in [1.82, 2.24) is 0 Å². The minimum atomic E-state index is -0.388. The Morgan fingerprint density at radius 3 is 2.88 bits per heavy atom. The van der Waals surface area contributed by atoms with Gasteiger partial charge in [-0.25, -0.2) is 0 Å². The molecule has 0 bridgehead atoms. The van der Waals surface area contributed by atoms with Crippen LogP contribution in [0, 0.1) is 3.57 Å². The van der Waals surface area contributed by atoms with E-state index in [-0.39, 0.29) is 6.10 Å². The van der Waals surface area contributed by atoms with Gasteiger partial charge >= 0.3 is 0 Å². The molecule has 4 heteroatoms. The molecular formula is C13H12BrIOS. The van der Waals surface area contributed by atoms with Crippen LogP contribution in [-0.2, 0) is 6.42 Å². The summed E-state index contributed by atoms with van der Waals surface area (Å²) in [5.41, 5.74) is 1.01. The van der Waals surface area contributed by atoms with E-state index in [2.05, 4.69) is 56.0 Å². The Balaban J connectivity index is 2.04. The number of aryl methyl sites for hydroxylation is 1. The molecule has 0 amide bonds. The fourth-order valence-electron chi connectivity index (χ4n) is 1.66. The molecule has 1 heterocycles. The molecule has 1 aromatic carbocycles. The number of aliphatic hydroxyl groups excluding tert-OH is 1. The van der Waals surface area contributed by atoms with Gasteiger partial charge < -0.3 is 5.11 Å². The van der Waals surface area contributed by atoms with Crippen LogP contribution < -0.4 is 0 Å². The van der Waals surface area contributed by atoms with Crippen LogP contribution in [0.1, 0.15) is 23.0 Å². The maximum Gasteiger partial charge on any atom is 0.0804 e. The Morgan fingerprint density at radius 2 is 2.18 bits per heavy atom. The highest BCUT2D eigenvalue weighted by Gasteiger charge is 2.12. The standard InChI is InChI=1S/C13H12BrIOS/c14-9-3-5-12(15)11(8-9)13(16)6-4-10-2-1-7-17-10/h1-3,5,7-8,13,16H,4,6H2. The lowest BCUT2D eigenvalue weighted by Crippen LogP contribution is -2.01. The lowest BCUT2D eigenvalue weighted by atomic mass is 10.0. The molecule has 2 aromatic rings. The van der Waals surface area contributed by atoms with E-state index in [1.165, 1.54) is 4.88 Å². The van der Waals surface area contributed by atoms with Gasteiger partial charge in [0.15, 0.2) is 0 Å². The number of halogens is 2. The maximum absolute atomic E-state index is 10.2. The summed E-state index contributed by atoms with van der Waals surface area (Å²) in [4.78, 5) is 1.33. The van der Waals surface area contributed by atoms with Gasteiger partial charge in [0.05, 0.1) is 6.10 Å². The number of aliphatic hydroxyl groups is 1. The van der Waals surface area contributed by atoms with Gasteiger partial charge in [-0.15, -0.1) is 11.3 Å². The molecule has 0 saturated carbocycles. The van der Waals surface area contributed by atoms with E-state index in [0.717, 1.165) is 26.4 Å². The van der Waals surface area contributed by atoms with E-state index >= 15 is 0 Å². The zero-order valence-corrected chi connectivity index (χ0v) is 13.6. The highest BCUT2D eigenvalue weighted by molar-refractivity contribution is 14.1. The number of thiophene rings is 1. The fraction of sp³-hybridized carbons (Fsp3) is 0.231. The van der Waals surface area contributed by atoms with Crippen molar-refractivity contribution in [3.8, 4) is 0 Å². The zero-order valence-electron chi connectivity index (χ0n) is 9.07. The highest BCUT2D eigenvalue weighted by atomic mass is 127. The normalized spacial score (nSPS) is 12.6. The summed E-state index contributed by atoms with van der Waals surface area (Å²) in [7, 11) is 0. The van der Waals surface area contributed by atoms with Crippen molar-refractivity contribution >= 4 is 49.9 Å². The van der Waals surface area contributed by atoms with Crippen molar-refractivity contribution in [2.75, 3.05) is 0 Å². The Kier molecular flexibility index (Phi) is 5.02. The summed E-state index contributed by atoms with van der Waals surface area (Å²) >= 11 is 7.45. The molecule has 0 fully saturated rings. The van der Waals surface area contributed by atoms with Crippen molar-refractivity contribution in [3.05, 3.63) is 54.2 Å². The molecule has 0 spiro atoms. The van der Waals surface area contributed by atoms with E-state index < -0.39 is 0 Å². The second-order valence-electron chi connectivity index (χ2n) is 3.80. The van der Waals surface area contributed by atoms with Crippen LogP contribution in [0.15, 0.2) is 40.2 Å². The summed E-state index contributed by atoms with van der Waals surface area (Å²) < 4.78 is 2.13. The SMILES string of the molecule is OC(CCc1cccs1)c1cc(Br)ccc1I. The molecule has 0 aliphatic heterocycles. The lowest BCUT2D eigenvalue weighted by Gasteiger charge is -2.12. The number of hydrogen-bond acceptors (Lipinski definition) is 2. The second kappa shape index (κ2) is 6.31. The average molecular weight is 423 g/mol. The quantitative estimate of drug-likeness (QED) is 0.703. The topological polar surface area (TPSA) is 20.2 Å². The van der Waals surface area contributed by atoms with Crippen LogP contribution in [0.25, 0.3) is 0 Å². The smallest absolute Gasteiger partial charge is 0.0804 e. The fourth-order valence-corrected chi connectivity index (χ4v) is 3.46. The molecule has 17 heavy (non-hydrogen) atoms. The molecule has 2 rings (SSSR count). The lowest BCUT2D eigenvalue weighted by molar-refractivity contribution is 0.167. The molecule has 1 atom stereocenters. The predicted molar refractivity (Wildman–Crippen MR) is 84.5 cm³/mol. The molecule has 0 saturated heterocycles. The first-order chi connectivity index (χ1) is 8.16. The Labute approximate surface area is 127 Å². The molecule has 0 aliphatic rings. The van der Waals surface area contributed by atoms with E-state index in [0.29, 0.717) is 0 Å². The van der Waals surface area contributed by atoms with E-state index in [9.17, 15) is 5.11 Å². The number of rotatable bonds is 4. The van der Waals surface area contributed by atoms with Crippen molar-refractivity contribution < 1.29 is 5.11 Å². The molecule has 1 unspecified atom stereocenters. The first-order valence-corrected chi connectivity index (χ1v) is 8.07. The summed E-state index contributed by atoms with van der Waals surface area (Å²) in [6.45, 7) is 0. The van der Waals surface area contributed by atoms with Gasteiger partial charge in [0.2, 0.25) is 0 Å². The van der Waals surface area contributed by atoms with Gasteiger partial charge in [-0.1, -0.05) is 22.0 Å². The van der Waals surface area contributed by atoms with Gasteiger partial charge in [-0.2, -0.15) is 0 Å². The molecule has 90 valence electrons. The second-order valence-corrected chi connectivity index (χ2v) is 6.91.